The number of guanidine groups is 1. The fraction of sp³-hybridized carbons (Fsp3) is 0.650. The van der Waals surface area contributed by atoms with Crippen LogP contribution in [-0.2, 0) is 10.8 Å². The van der Waals surface area contributed by atoms with Crippen molar-refractivity contribution in [3.8, 4) is 0 Å². The Morgan fingerprint density at radius 2 is 1.89 bits per heavy atom. The minimum atomic E-state index is -0.988. The second-order valence-electron chi connectivity index (χ2n) is 7.34. The van der Waals surface area contributed by atoms with Crippen molar-refractivity contribution in [2.45, 2.75) is 62.0 Å². The second-order valence-corrected chi connectivity index (χ2v) is 8.91. The lowest BCUT2D eigenvalue weighted by atomic mass is 9.82. The molecule has 0 saturated carbocycles. The average Bonchev–Trinajstić information content (AvgIpc) is 2.63. The van der Waals surface area contributed by atoms with E-state index < -0.39 is 10.8 Å². The number of nitrogens with zero attached hydrogens (tertiary/aromatic N) is 2. The summed E-state index contributed by atoms with van der Waals surface area (Å²) in [5.41, 5.74) is 0. The molecule has 3 rings (SSSR count). The molecule has 2 heterocycles. The molecule has 1 aromatic rings. The Morgan fingerprint density at radius 3 is 2.52 bits per heavy atom. The predicted octanol–water partition coefficient (Wildman–Crippen LogP) is 2.98. The second kappa shape index (κ2) is 11.4. The van der Waals surface area contributed by atoms with Gasteiger partial charge in [-0.15, -0.1) is 24.0 Å². The molecule has 2 aliphatic heterocycles. The molecular weight excluding hydrogens is 471 g/mol. The summed E-state index contributed by atoms with van der Waals surface area (Å²) in [5.74, 6) is 1.42. The molecule has 2 N–H and O–H groups in total. The molecular formula is C20H33IN4OS. The van der Waals surface area contributed by atoms with Crippen LogP contribution in [0.4, 0.5) is 0 Å². The van der Waals surface area contributed by atoms with Gasteiger partial charge in [-0.1, -0.05) is 24.6 Å². The quantitative estimate of drug-likeness (QED) is 0.356. The van der Waals surface area contributed by atoms with E-state index in [0.29, 0.717) is 30.4 Å². The fourth-order valence-electron chi connectivity index (χ4n) is 4.18. The summed E-state index contributed by atoms with van der Waals surface area (Å²) in [5, 5.41) is 6.98. The Bertz CT molecular complexity index is 614. The summed E-state index contributed by atoms with van der Waals surface area (Å²) in [6.07, 6.45) is 6.37. The van der Waals surface area contributed by atoms with E-state index in [1.807, 2.05) is 30.3 Å². The van der Waals surface area contributed by atoms with Crippen molar-refractivity contribution >= 4 is 40.7 Å². The average molecular weight is 504 g/mol. The summed E-state index contributed by atoms with van der Waals surface area (Å²) in [7, 11) is 1.29. The van der Waals surface area contributed by atoms with Crippen LogP contribution in [0.15, 0.2) is 40.2 Å². The van der Waals surface area contributed by atoms with E-state index in [0.717, 1.165) is 17.4 Å². The summed E-state index contributed by atoms with van der Waals surface area (Å²) >= 11 is 0. The van der Waals surface area contributed by atoms with Crippen LogP contribution in [0, 0.1) is 0 Å². The number of rotatable bonds is 6. The van der Waals surface area contributed by atoms with Crippen LogP contribution in [0.1, 0.15) is 39.0 Å². The number of aliphatic imine (C=N–C) groups is 1. The van der Waals surface area contributed by atoms with Gasteiger partial charge in [0.05, 0.1) is 17.3 Å². The van der Waals surface area contributed by atoms with E-state index in [-0.39, 0.29) is 24.0 Å². The first-order valence-electron chi connectivity index (χ1n) is 9.87. The van der Waals surface area contributed by atoms with Crippen LogP contribution in [0.3, 0.4) is 0 Å². The van der Waals surface area contributed by atoms with Gasteiger partial charge in [0.2, 0.25) is 0 Å². The molecule has 7 heteroatoms. The van der Waals surface area contributed by atoms with E-state index in [9.17, 15) is 4.21 Å². The van der Waals surface area contributed by atoms with Crippen LogP contribution in [0.5, 0.6) is 0 Å². The molecule has 2 saturated heterocycles. The van der Waals surface area contributed by atoms with E-state index in [4.69, 9.17) is 0 Å². The summed E-state index contributed by atoms with van der Waals surface area (Å²) in [4.78, 5) is 8.13. The number of hydrogen-bond donors (Lipinski definition) is 2. The van der Waals surface area contributed by atoms with Gasteiger partial charge in [-0.3, -0.25) is 9.20 Å². The van der Waals surface area contributed by atoms with E-state index in [2.05, 4.69) is 34.5 Å². The third kappa shape index (κ3) is 6.42. The van der Waals surface area contributed by atoms with Crippen LogP contribution in [0.25, 0.3) is 0 Å². The van der Waals surface area contributed by atoms with Gasteiger partial charge < -0.3 is 15.5 Å². The highest BCUT2D eigenvalue weighted by molar-refractivity contribution is 14.0. The Hall–Kier alpha value is -0.670. The van der Waals surface area contributed by atoms with Crippen molar-refractivity contribution in [2.75, 3.05) is 25.9 Å². The molecule has 152 valence electrons. The summed E-state index contributed by atoms with van der Waals surface area (Å²) < 4.78 is 12.3. The number of benzene rings is 1. The lowest BCUT2D eigenvalue weighted by Crippen LogP contribution is -2.56. The molecule has 2 aliphatic rings. The molecule has 0 spiro atoms. The normalized spacial score (nSPS) is 26.7. The van der Waals surface area contributed by atoms with Gasteiger partial charge in [0, 0.05) is 35.3 Å². The topological polar surface area (TPSA) is 56.7 Å². The van der Waals surface area contributed by atoms with Crippen molar-refractivity contribution in [3.63, 3.8) is 0 Å². The van der Waals surface area contributed by atoms with Gasteiger partial charge in [0.25, 0.3) is 0 Å². The van der Waals surface area contributed by atoms with Crippen LogP contribution in [0.2, 0.25) is 0 Å². The standard InChI is InChI=1S/C20H32N4OS.HI/c1-3-21-20(22-12-13-26(25)19-10-5-4-6-11-19)23-16-14-17-8-7-9-18(15-16)24(17)2;/h4-6,10-11,16-18H,3,7-9,12-15H2,1-2H3,(H2,21,22,23);1H. The molecule has 3 atom stereocenters. The predicted molar refractivity (Wildman–Crippen MR) is 124 cm³/mol. The van der Waals surface area contributed by atoms with Crippen molar-refractivity contribution in [2.24, 2.45) is 4.99 Å². The highest BCUT2D eigenvalue weighted by Gasteiger charge is 2.36. The highest BCUT2D eigenvalue weighted by atomic mass is 127. The molecule has 0 amide bonds. The SMILES string of the molecule is CCNC(=NCCS(=O)c1ccccc1)NC1CC2CCCC(C1)N2C.I. The Labute approximate surface area is 183 Å². The Balaban J connectivity index is 0.00000261. The molecule has 0 aromatic heterocycles. The first-order valence-corrected chi connectivity index (χ1v) is 11.2. The minimum Gasteiger partial charge on any atom is -0.357 e. The first-order chi connectivity index (χ1) is 12.7. The Morgan fingerprint density at radius 1 is 1.22 bits per heavy atom. The molecule has 5 nitrogen and oxygen atoms in total. The number of hydrogen-bond acceptors (Lipinski definition) is 3. The molecule has 2 bridgehead atoms. The maximum Gasteiger partial charge on any atom is 0.191 e. The van der Waals surface area contributed by atoms with E-state index in [1.165, 1.54) is 32.1 Å². The van der Waals surface area contributed by atoms with Crippen molar-refractivity contribution in [1.82, 2.24) is 15.5 Å². The van der Waals surface area contributed by atoms with E-state index >= 15 is 0 Å². The van der Waals surface area contributed by atoms with Crippen molar-refractivity contribution < 1.29 is 4.21 Å². The maximum absolute atomic E-state index is 12.3. The maximum atomic E-state index is 12.3. The van der Waals surface area contributed by atoms with Gasteiger partial charge in [-0.05, 0) is 51.8 Å². The zero-order valence-corrected chi connectivity index (χ0v) is 19.5. The molecule has 1 aromatic carbocycles. The first kappa shape index (κ1) is 22.6. The fourth-order valence-corrected chi connectivity index (χ4v) is 5.13. The van der Waals surface area contributed by atoms with Gasteiger partial charge in [0.1, 0.15) is 0 Å². The van der Waals surface area contributed by atoms with Crippen LogP contribution >= 0.6 is 24.0 Å². The third-order valence-electron chi connectivity index (χ3n) is 5.58. The Kier molecular flexibility index (Phi) is 9.52. The lowest BCUT2D eigenvalue weighted by molar-refractivity contribution is 0.0526. The smallest absolute Gasteiger partial charge is 0.191 e. The van der Waals surface area contributed by atoms with Gasteiger partial charge in [-0.25, -0.2) is 0 Å². The number of nitrogens with one attached hydrogen (secondary N) is 2. The molecule has 2 fully saturated rings. The van der Waals surface area contributed by atoms with Gasteiger partial charge in [0.15, 0.2) is 5.96 Å². The third-order valence-corrected chi connectivity index (χ3v) is 6.93. The lowest BCUT2D eigenvalue weighted by Gasteiger charge is -2.47. The summed E-state index contributed by atoms with van der Waals surface area (Å²) in [6, 6.07) is 11.5. The monoisotopic (exact) mass is 504 g/mol. The molecule has 3 unspecified atom stereocenters. The zero-order chi connectivity index (χ0) is 18.4. The van der Waals surface area contributed by atoms with Gasteiger partial charge >= 0.3 is 0 Å². The van der Waals surface area contributed by atoms with Crippen molar-refractivity contribution in [3.05, 3.63) is 30.3 Å². The van der Waals surface area contributed by atoms with E-state index in [1.54, 1.807) is 0 Å². The summed E-state index contributed by atoms with van der Waals surface area (Å²) in [6.45, 7) is 3.49. The van der Waals surface area contributed by atoms with Crippen molar-refractivity contribution in [1.29, 1.82) is 0 Å². The largest absolute Gasteiger partial charge is 0.357 e. The zero-order valence-electron chi connectivity index (χ0n) is 16.4. The number of halogens is 1. The van der Waals surface area contributed by atoms with Crippen LogP contribution < -0.4 is 10.6 Å². The number of piperidine rings is 2. The molecule has 27 heavy (non-hydrogen) atoms. The molecule has 0 aliphatic carbocycles. The minimum absolute atomic E-state index is 0. The highest BCUT2D eigenvalue weighted by Crippen LogP contribution is 2.32. The van der Waals surface area contributed by atoms with Gasteiger partial charge in [-0.2, -0.15) is 0 Å². The number of fused-ring (bicyclic) bond motifs is 2. The van der Waals surface area contributed by atoms with Crippen LogP contribution in [-0.4, -0.2) is 59.1 Å². The molecule has 0 radical (unpaired) electrons.